The Morgan fingerprint density at radius 2 is 1.86 bits per heavy atom. The highest BCUT2D eigenvalue weighted by molar-refractivity contribution is 5.80. The molecule has 5 heteroatoms. The fourth-order valence-electron chi connectivity index (χ4n) is 3.20. The van der Waals surface area contributed by atoms with E-state index < -0.39 is 43.2 Å². The average molecular weight is 396 g/mol. The average Bonchev–Trinajstić information content (AvgIpc) is 3.20. The van der Waals surface area contributed by atoms with Gasteiger partial charge in [-0.3, -0.25) is 4.57 Å². The molecule has 0 amide bonds. The van der Waals surface area contributed by atoms with Crippen LogP contribution in [0.1, 0.15) is 44.0 Å². The zero-order valence-corrected chi connectivity index (χ0v) is 14.9. The molecule has 144 valence electrons. The lowest BCUT2D eigenvalue weighted by Gasteiger charge is -2.18. The van der Waals surface area contributed by atoms with E-state index in [2.05, 4.69) is 4.98 Å². The number of hydrogen-bond acceptors (Lipinski definition) is 2. The van der Waals surface area contributed by atoms with E-state index in [9.17, 15) is 14.0 Å². The lowest BCUT2D eigenvalue weighted by Crippen LogP contribution is -2.10. The third-order valence-electron chi connectivity index (χ3n) is 4.61. The first kappa shape index (κ1) is 10.9. The van der Waals surface area contributed by atoms with Gasteiger partial charge in [0.15, 0.2) is 0 Å². The van der Waals surface area contributed by atoms with Crippen LogP contribution in [0, 0.1) is 23.0 Å². The van der Waals surface area contributed by atoms with Crippen molar-refractivity contribution in [2.45, 2.75) is 26.0 Å². The van der Waals surface area contributed by atoms with Gasteiger partial charge in [-0.15, -0.1) is 0 Å². The van der Waals surface area contributed by atoms with Crippen molar-refractivity contribution in [3.8, 4) is 22.9 Å². The Morgan fingerprint density at radius 3 is 2.62 bits per heavy atom. The van der Waals surface area contributed by atoms with Crippen LogP contribution in [0.3, 0.4) is 0 Å². The highest BCUT2D eigenvalue weighted by Gasteiger charge is 2.18. The molecule has 3 aromatic carbocycles. The topological polar surface area (TPSA) is 41.6 Å². The van der Waals surface area contributed by atoms with Crippen LogP contribution in [0.15, 0.2) is 60.9 Å². The number of benzene rings is 3. The zero-order chi connectivity index (χ0) is 28.3. The van der Waals surface area contributed by atoms with Crippen LogP contribution in [0.4, 0.5) is 8.78 Å². The minimum atomic E-state index is -3.43. The summed E-state index contributed by atoms with van der Waals surface area (Å²) in [6.45, 7) is -10.3. The van der Waals surface area contributed by atoms with Gasteiger partial charge in [-0.25, -0.2) is 13.8 Å². The smallest absolute Gasteiger partial charge is 0.132 e. The summed E-state index contributed by atoms with van der Waals surface area (Å²) < 4.78 is 102. The van der Waals surface area contributed by atoms with Crippen LogP contribution in [0.5, 0.6) is 0 Å². The van der Waals surface area contributed by atoms with E-state index in [0.29, 0.717) is 11.2 Å². The molecule has 0 fully saturated rings. The lowest BCUT2D eigenvalue weighted by molar-refractivity contribution is 0.591. The van der Waals surface area contributed by atoms with Crippen LogP contribution in [-0.2, 0) is 5.41 Å². The summed E-state index contributed by atoms with van der Waals surface area (Å²) in [5.74, 6) is -1.57. The van der Waals surface area contributed by atoms with Gasteiger partial charge in [0.2, 0.25) is 0 Å². The minimum Gasteiger partial charge on any atom is -0.299 e. The minimum absolute atomic E-state index is 0.0727. The van der Waals surface area contributed by atoms with Gasteiger partial charge in [0.05, 0.1) is 22.7 Å². The molecule has 0 aliphatic heterocycles. The number of aromatic nitrogens is 2. The maximum absolute atomic E-state index is 14.8. The Bertz CT molecular complexity index is 1540. The molecule has 1 heterocycles. The lowest BCUT2D eigenvalue weighted by atomic mass is 9.87. The van der Waals surface area contributed by atoms with Crippen molar-refractivity contribution >= 4 is 11.0 Å². The first-order valence-electron chi connectivity index (χ1n) is 13.0. The molecule has 4 aromatic rings. The molecule has 0 aliphatic carbocycles. The molecule has 0 bridgehead atoms. The van der Waals surface area contributed by atoms with Gasteiger partial charge in [-0.2, -0.15) is 5.26 Å². The van der Waals surface area contributed by atoms with Gasteiger partial charge in [0.25, 0.3) is 0 Å². The van der Waals surface area contributed by atoms with E-state index in [1.54, 1.807) is 0 Å². The number of imidazole rings is 1. The molecule has 4 rings (SSSR count). The number of fused-ring (bicyclic) bond motifs is 1. The van der Waals surface area contributed by atoms with Crippen LogP contribution < -0.4 is 0 Å². The van der Waals surface area contributed by atoms with Crippen molar-refractivity contribution < 1.29 is 21.1 Å². The third kappa shape index (κ3) is 3.27. The quantitative estimate of drug-likeness (QED) is 0.408. The molecule has 0 saturated carbocycles. The molecule has 0 atom stereocenters. The molecule has 29 heavy (non-hydrogen) atoms. The number of nitriles is 1. The van der Waals surface area contributed by atoms with E-state index in [0.717, 1.165) is 24.3 Å². The molecule has 0 spiro atoms. The summed E-state index contributed by atoms with van der Waals surface area (Å²) in [6.07, 6.45) is 1.29. The SMILES string of the molecule is [2H]C([2H])([2H])C(c1ccc2c(c1)ncn2-c1ccc(F)c(-c2c(F)cccc2C#N)c1)(C([2H])([2H])[2H])C([2H])([2H])[2H]. The van der Waals surface area contributed by atoms with Crippen LogP contribution in [-0.4, -0.2) is 9.55 Å². The molecule has 0 saturated heterocycles. The van der Waals surface area contributed by atoms with Gasteiger partial charge in [-0.1, -0.05) is 32.7 Å². The maximum Gasteiger partial charge on any atom is 0.132 e. The van der Waals surface area contributed by atoms with Gasteiger partial charge in [-0.05, 0) is 53.4 Å². The summed E-state index contributed by atoms with van der Waals surface area (Å²) in [5.41, 5.74) is -3.42. The molecule has 0 unspecified atom stereocenters. The molecule has 0 radical (unpaired) electrons. The highest BCUT2D eigenvalue weighted by Crippen LogP contribution is 2.32. The Balaban J connectivity index is 1.93. The maximum atomic E-state index is 14.8. The monoisotopic (exact) mass is 396 g/mol. The van der Waals surface area contributed by atoms with Crippen molar-refractivity contribution in [2.75, 3.05) is 0 Å². The van der Waals surface area contributed by atoms with Crippen molar-refractivity contribution in [3.05, 3.63) is 83.7 Å². The van der Waals surface area contributed by atoms with E-state index in [-0.39, 0.29) is 22.2 Å². The Labute approximate surface area is 180 Å². The number of hydrogen-bond donors (Lipinski definition) is 0. The largest absolute Gasteiger partial charge is 0.299 e. The molecular formula is C24H19F2N3. The van der Waals surface area contributed by atoms with Crippen molar-refractivity contribution in [2.24, 2.45) is 0 Å². The van der Waals surface area contributed by atoms with E-state index in [1.165, 1.54) is 41.2 Å². The summed E-state index contributed by atoms with van der Waals surface area (Å²) in [7, 11) is 0. The predicted octanol–water partition coefficient (Wildman–Crippen LogP) is 6.14. The first-order valence-corrected chi connectivity index (χ1v) is 8.51. The Hall–Kier alpha value is -3.52. The zero-order valence-electron chi connectivity index (χ0n) is 23.9. The van der Waals surface area contributed by atoms with Gasteiger partial charge in [0.1, 0.15) is 18.0 Å². The first-order chi connectivity index (χ1) is 17.5. The fraction of sp³-hybridized carbons (Fsp3) is 0.167. The number of rotatable bonds is 2. The van der Waals surface area contributed by atoms with Crippen molar-refractivity contribution in [1.29, 1.82) is 5.26 Å². The summed E-state index contributed by atoms with van der Waals surface area (Å²) in [6, 6.07) is 12.9. The van der Waals surface area contributed by atoms with E-state index in [1.807, 2.05) is 6.07 Å². The number of nitrogens with zero attached hydrogens (tertiary/aromatic N) is 3. The molecule has 3 nitrogen and oxygen atoms in total. The summed E-state index contributed by atoms with van der Waals surface area (Å²) >= 11 is 0. The van der Waals surface area contributed by atoms with Gasteiger partial charge >= 0.3 is 0 Å². The second-order valence-corrected chi connectivity index (χ2v) is 6.51. The van der Waals surface area contributed by atoms with Crippen LogP contribution >= 0.6 is 0 Å². The van der Waals surface area contributed by atoms with Gasteiger partial charge in [0, 0.05) is 29.2 Å². The second-order valence-electron chi connectivity index (χ2n) is 6.51. The molecule has 1 aromatic heterocycles. The van der Waals surface area contributed by atoms with Crippen LogP contribution in [0.25, 0.3) is 27.8 Å². The van der Waals surface area contributed by atoms with Crippen molar-refractivity contribution in [3.63, 3.8) is 0 Å². The molecule has 0 N–H and O–H groups in total. The van der Waals surface area contributed by atoms with Crippen molar-refractivity contribution in [1.82, 2.24) is 9.55 Å². The molecular weight excluding hydrogens is 368 g/mol. The fourth-order valence-corrected chi connectivity index (χ4v) is 3.20. The molecule has 0 aliphatic rings. The summed E-state index contributed by atoms with van der Waals surface area (Å²) in [5, 5.41) is 9.38. The standard InChI is InChI=1S/C24H19F2N3/c1-24(2,3)16-7-10-22-21(11-16)28-14-29(22)17-8-9-19(25)18(12-17)23-15(13-27)5-4-6-20(23)26/h4-12,14H,1-3H3/i1D3,2D3,3D3. The highest BCUT2D eigenvalue weighted by atomic mass is 19.1. The van der Waals surface area contributed by atoms with Gasteiger partial charge < -0.3 is 0 Å². The second kappa shape index (κ2) is 6.82. The van der Waals surface area contributed by atoms with E-state index >= 15 is 0 Å². The predicted molar refractivity (Wildman–Crippen MR) is 110 cm³/mol. The van der Waals surface area contributed by atoms with Crippen LogP contribution in [0.2, 0.25) is 0 Å². The van der Waals surface area contributed by atoms with E-state index in [4.69, 9.17) is 12.3 Å². The Kier molecular flexibility index (Phi) is 2.56. The number of halogens is 2. The Morgan fingerprint density at radius 1 is 1.03 bits per heavy atom. The normalized spacial score (nSPS) is 17.5. The summed E-state index contributed by atoms with van der Waals surface area (Å²) in [4.78, 5) is 4.18. The third-order valence-corrected chi connectivity index (χ3v) is 4.61.